The van der Waals surface area contributed by atoms with Crippen LogP contribution >= 0.6 is 0 Å². The molecule has 1 aliphatic carbocycles. The van der Waals surface area contributed by atoms with Gasteiger partial charge in [0.05, 0.1) is 0 Å². The second-order valence-electron chi connectivity index (χ2n) is 6.53. The van der Waals surface area contributed by atoms with E-state index in [0.717, 1.165) is 19.4 Å². The van der Waals surface area contributed by atoms with Gasteiger partial charge in [-0.2, -0.15) is 0 Å². The largest absolute Gasteiger partial charge is 0.451 e. The number of hydrogen-bond acceptors (Lipinski definition) is 5. The van der Waals surface area contributed by atoms with Gasteiger partial charge in [0.15, 0.2) is 0 Å². The lowest BCUT2D eigenvalue weighted by Crippen LogP contribution is -2.64. The summed E-state index contributed by atoms with van der Waals surface area (Å²) in [7, 11) is 2.74. The number of amides is 1. The maximum absolute atomic E-state index is 12.2. The summed E-state index contributed by atoms with van der Waals surface area (Å²) in [6, 6.07) is 0. The van der Waals surface area contributed by atoms with Crippen LogP contribution in [0, 0.1) is 11.8 Å². The molecule has 7 heteroatoms. The van der Waals surface area contributed by atoms with E-state index < -0.39 is 12.7 Å². The van der Waals surface area contributed by atoms with E-state index in [2.05, 4.69) is 10.2 Å². The number of carbonyl (C=O) groups is 1. The number of rotatable bonds is 8. The van der Waals surface area contributed by atoms with Crippen LogP contribution in [-0.4, -0.2) is 60.7 Å². The fourth-order valence-electron chi connectivity index (χ4n) is 3.65. The zero-order chi connectivity index (χ0) is 16.0. The first-order valence-corrected chi connectivity index (χ1v) is 7.87. The summed E-state index contributed by atoms with van der Waals surface area (Å²) < 4.78 is 0. The number of nitrogens with two attached hydrogens (primary N) is 1. The third-order valence-corrected chi connectivity index (χ3v) is 4.58. The molecule has 0 heterocycles. The Bertz CT molecular complexity index is 341. The van der Waals surface area contributed by atoms with Crippen molar-refractivity contribution in [3.05, 3.63) is 0 Å². The first kappa shape index (κ1) is 18.4. The van der Waals surface area contributed by atoms with Crippen LogP contribution in [0.2, 0.25) is 6.32 Å². The predicted octanol–water partition coefficient (Wildman–Crippen LogP) is -0.339. The molecule has 0 aromatic heterocycles. The Balaban J connectivity index is 2.86. The maximum Gasteiger partial charge on any atom is 0.451 e. The van der Waals surface area contributed by atoms with E-state index in [1.165, 1.54) is 0 Å². The standard InChI is InChI=1S/C14H30BN3O3/c1-4-17-14(13(16)19)9-11(7-8-15(20)21)5-6-12(14)10-18(2)3/h11-12,17,20-21H,4-10H2,1-3H3,(H2,16,19)/t11-,12-,14+/m0/s1. The molecule has 21 heavy (non-hydrogen) atoms. The van der Waals surface area contributed by atoms with Gasteiger partial charge < -0.3 is 26.0 Å². The summed E-state index contributed by atoms with van der Waals surface area (Å²) in [4.78, 5) is 14.3. The lowest BCUT2D eigenvalue weighted by molar-refractivity contribution is -0.129. The van der Waals surface area contributed by atoms with Gasteiger partial charge in [0.25, 0.3) is 0 Å². The molecule has 0 aliphatic heterocycles. The SMILES string of the molecule is CCN[C@]1(C(N)=O)C[C@H](CCB(O)O)CC[C@H]1CN(C)C. The van der Waals surface area contributed by atoms with Gasteiger partial charge in [0.1, 0.15) is 5.54 Å². The molecule has 1 saturated carbocycles. The minimum atomic E-state index is -1.27. The van der Waals surface area contributed by atoms with E-state index in [0.29, 0.717) is 31.6 Å². The van der Waals surface area contributed by atoms with E-state index in [1.807, 2.05) is 21.0 Å². The molecule has 122 valence electrons. The Morgan fingerprint density at radius 1 is 1.43 bits per heavy atom. The minimum Gasteiger partial charge on any atom is -0.427 e. The van der Waals surface area contributed by atoms with Crippen LogP contribution in [0.3, 0.4) is 0 Å². The van der Waals surface area contributed by atoms with Crippen molar-refractivity contribution in [3.63, 3.8) is 0 Å². The molecule has 1 rings (SSSR count). The highest BCUT2D eigenvalue weighted by molar-refractivity contribution is 6.40. The van der Waals surface area contributed by atoms with Crippen molar-refractivity contribution in [3.8, 4) is 0 Å². The molecular weight excluding hydrogens is 269 g/mol. The molecular formula is C14H30BN3O3. The zero-order valence-corrected chi connectivity index (χ0v) is 13.5. The molecule has 0 aromatic rings. The van der Waals surface area contributed by atoms with E-state index in [1.54, 1.807) is 0 Å². The Kier molecular flexibility index (Phi) is 7.13. The molecule has 6 nitrogen and oxygen atoms in total. The van der Waals surface area contributed by atoms with E-state index >= 15 is 0 Å². The van der Waals surface area contributed by atoms with Crippen LogP contribution in [0.5, 0.6) is 0 Å². The highest BCUT2D eigenvalue weighted by Gasteiger charge is 2.47. The van der Waals surface area contributed by atoms with Crippen molar-refractivity contribution in [2.45, 2.75) is 44.5 Å². The molecule has 0 unspecified atom stereocenters. The lowest BCUT2D eigenvalue weighted by atomic mass is 9.65. The summed E-state index contributed by atoms with van der Waals surface area (Å²) in [5.74, 6) is 0.211. The average Bonchev–Trinajstić information content (AvgIpc) is 2.38. The summed E-state index contributed by atoms with van der Waals surface area (Å²) in [6.07, 6.45) is 3.68. The van der Waals surface area contributed by atoms with Crippen molar-refractivity contribution in [2.75, 3.05) is 27.2 Å². The van der Waals surface area contributed by atoms with Crippen LogP contribution in [0.1, 0.15) is 32.6 Å². The van der Waals surface area contributed by atoms with Crippen molar-refractivity contribution >= 4 is 13.0 Å². The normalized spacial score (nSPS) is 29.6. The van der Waals surface area contributed by atoms with Gasteiger partial charge in [-0.05, 0) is 58.1 Å². The molecule has 0 saturated heterocycles. The summed E-state index contributed by atoms with van der Waals surface area (Å²) in [5.41, 5.74) is 5.08. The van der Waals surface area contributed by atoms with Crippen LogP contribution < -0.4 is 11.1 Å². The summed E-state index contributed by atoms with van der Waals surface area (Å²) in [6.45, 7) is 3.51. The molecule has 3 atom stereocenters. The fourth-order valence-corrected chi connectivity index (χ4v) is 3.65. The highest BCUT2D eigenvalue weighted by atomic mass is 16.4. The van der Waals surface area contributed by atoms with Crippen molar-refractivity contribution in [2.24, 2.45) is 17.6 Å². The van der Waals surface area contributed by atoms with Gasteiger partial charge in [0.2, 0.25) is 5.91 Å². The van der Waals surface area contributed by atoms with Crippen molar-refractivity contribution in [1.82, 2.24) is 10.2 Å². The Hall–Kier alpha value is -0.625. The molecule has 5 N–H and O–H groups in total. The van der Waals surface area contributed by atoms with Crippen LogP contribution in [0.25, 0.3) is 0 Å². The topological polar surface area (TPSA) is 98.8 Å². The second kappa shape index (κ2) is 8.12. The Morgan fingerprint density at radius 2 is 2.10 bits per heavy atom. The smallest absolute Gasteiger partial charge is 0.427 e. The van der Waals surface area contributed by atoms with Gasteiger partial charge in [-0.15, -0.1) is 0 Å². The maximum atomic E-state index is 12.2. The molecule has 1 aliphatic rings. The van der Waals surface area contributed by atoms with E-state index in [9.17, 15) is 4.79 Å². The van der Waals surface area contributed by atoms with Crippen molar-refractivity contribution < 1.29 is 14.8 Å². The third kappa shape index (κ3) is 4.95. The van der Waals surface area contributed by atoms with Gasteiger partial charge in [0, 0.05) is 6.54 Å². The number of nitrogens with zero attached hydrogens (tertiary/aromatic N) is 1. The first-order valence-electron chi connectivity index (χ1n) is 7.87. The molecule has 0 aromatic carbocycles. The number of likely N-dealkylation sites (N-methyl/N-ethyl adjacent to an activating group) is 1. The highest BCUT2D eigenvalue weighted by Crippen LogP contribution is 2.39. The summed E-state index contributed by atoms with van der Waals surface area (Å²) in [5, 5.41) is 21.4. The Labute approximate surface area is 128 Å². The predicted molar refractivity (Wildman–Crippen MR) is 84.6 cm³/mol. The quantitative estimate of drug-likeness (QED) is 0.460. The number of carbonyl (C=O) groups excluding carboxylic acids is 1. The number of hydrogen-bond donors (Lipinski definition) is 4. The van der Waals surface area contributed by atoms with Gasteiger partial charge >= 0.3 is 7.12 Å². The monoisotopic (exact) mass is 299 g/mol. The van der Waals surface area contributed by atoms with Gasteiger partial charge in [-0.1, -0.05) is 13.3 Å². The lowest BCUT2D eigenvalue weighted by Gasteiger charge is -2.46. The first-order chi connectivity index (χ1) is 9.81. The second-order valence-corrected chi connectivity index (χ2v) is 6.53. The number of primary amides is 1. The zero-order valence-electron chi connectivity index (χ0n) is 13.5. The summed E-state index contributed by atoms with van der Waals surface area (Å²) >= 11 is 0. The molecule has 0 bridgehead atoms. The third-order valence-electron chi connectivity index (χ3n) is 4.58. The van der Waals surface area contributed by atoms with Gasteiger partial charge in [-0.3, -0.25) is 4.79 Å². The van der Waals surface area contributed by atoms with Crippen molar-refractivity contribution in [1.29, 1.82) is 0 Å². The van der Waals surface area contributed by atoms with Crippen LogP contribution in [0.4, 0.5) is 0 Å². The Morgan fingerprint density at radius 3 is 2.57 bits per heavy atom. The molecule has 1 fully saturated rings. The number of nitrogens with one attached hydrogen (secondary N) is 1. The average molecular weight is 299 g/mol. The molecule has 1 amide bonds. The van der Waals surface area contributed by atoms with Crippen LogP contribution in [0.15, 0.2) is 0 Å². The molecule has 0 radical (unpaired) electrons. The fraction of sp³-hybridized carbons (Fsp3) is 0.929. The minimum absolute atomic E-state index is 0.195. The van der Waals surface area contributed by atoms with E-state index in [-0.39, 0.29) is 11.8 Å². The molecule has 0 spiro atoms. The van der Waals surface area contributed by atoms with E-state index in [4.69, 9.17) is 15.8 Å². The van der Waals surface area contributed by atoms with Crippen LogP contribution in [-0.2, 0) is 4.79 Å². The van der Waals surface area contributed by atoms with Gasteiger partial charge in [-0.25, -0.2) is 0 Å².